The van der Waals surface area contributed by atoms with Crippen LogP contribution in [-0.2, 0) is 65.4 Å². The van der Waals surface area contributed by atoms with Gasteiger partial charge in [-0.1, -0.05) is 336 Å². The molecule has 3 N–H and O–H groups in total. The number of carbonyl (C=O) groups is 4. The maximum Gasteiger partial charge on any atom is 0.472 e. The number of allylic oxidation sites excluding steroid dienone is 4. The Labute approximate surface area is 599 Å². The number of hydrogen-bond acceptors (Lipinski definition) is 15. The molecule has 0 aliphatic rings. The molecule has 98 heavy (non-hydrogen) atoms. The summed E-state index contributed by atoms with van der Waals surface area (Å²) in [6.45, 7) is 9.53. The second-order valence-electron chi connectivity index (χ2n) is 28.5. The van der Waals surface area contributed by atoms with Gasteiger partial charge in [-0.3, -0.25) is 37.3 Å². The fraction of sp³-hybridized carbons (Fsp3) is 0.899. The molecule has 0 heterocycles. The first-order valence-electron chi connectivity index (χ1n) is 40.3. The number of unbranched alkanes of at least 4 members (excludes halogenated alkanes) is 42. The fourth-order valence-electron chi connectivity index (χ4n) is 11.6. The highest BCUT2D eigenvalue weighted by molar-refractivity contribution is 7.47. The van der Waals surface area contributed by atoms with Crippen LogP contribution >= 0.6 is 15.6 Å². The Morgan fingerprint density at radius 3 is 0.918 bits per heavy atom. The summed E-state index contributed by atoms with van der Waals surface area (Å²) in [4.78, 5) is 72.9. The molecule has 0 radical (unpaired) electrons. The van der Waals surface area contributed by atoms with E-state index in [0.717, 1.165) is 121 Å². The highest BCUT2D eigenvalue weighted by Crippen LogP contribution is 2.45. The van der Waals surface area contributed by atoms with Crippen LogP contribution in [-0.4, -0.2) is 96.7 Å². The highest BCUT2D eigenvalue weighted by atomic mass is 31.2. The molecule has 0 aromatic carbocycles. The van der Waals surface area contributed by atoms with Crippen molar-refractivity contribution in [1.82, 2.24) is 0 Å². The summed E-state index contributed by atoms with van der Waals surface area (Å²) in [5, 5.41) is 10.6. The number of rotatable bonds is 76. The monoisotopic (exact) mass is 1430 g/mol. The van der Waals surface area contributed by atoms with E-state index < -0.39 is 97.5 Å². The van der Waals surface area contributed by atoms with Crippen molar-refractivity contribution in [3.63, 3.8) is 0 Å². The molecule has 19 heteroatoms. The molecule has 0 aliphatic heterocycles. The zero-order chi connectivity index (χ0) is 72.1. The van der Waals surface area contributed by atoms with Crippen LogP contribution in [0.5, 0.6) is 0 Å². The molecule has 0 aromatic rings. The van der Waals surface area contributed by atoms with E-state index in [0.29, 0.717) is 25.7 Å². The molecule has 17 nitrogen and oxygen atoms in total. The number of aliphatic hydroxyl groups excluding tert-OH is 1. The Kier molecular flexibility index (Phi) is 68.5. The number of aliphatic hydroxyl groups is 1. The first kappa shape index (κ1) is 95.5. The molecule has 0 bridgehead atoms. The predicted octanol–water partition coefficient (Wildman–Crippen LogP) is 23.1. The van der Waals surface area contributed by atoms with Gasteiger partial charge >= 0.3 is 39.5 Å². The molecule has 0 amide bonds. The Hall–Kier alpha value is -2.46. The lowest BCUT2D eigenvalue weighted by atomic mass is 10.00. The summed E-state index contributed by atoms with van der Waals surface area (Å²) < 4.78 is 68.6. The molecule has 0 fully saturated rings. The summed E-state index contributed by atoms with van der Waals surface area (Å²) in [6.07, 6.45) is 61.8. The van der Waals surface area contributed by atoms with Crippen molar-refractivity contribution < 1.29 is 80.2 Å². The molecule has 6 atom stereocenters. The summed E-state index contributed by atoms with van der Waals surface area (Å²) in [7, 11) is -9.93. The molecule has 578 valence electrons. The molecule has 0 rings (SSSR count). The summed E-state index contributed by atoms with van der Waals surface area (Å²) in [5.74, 6) is -0.625. The maximum atomic E-state index is 13.1. The SMILES string of the molecule is CCCCCC/C=C\C=C/CCCCCCCC(=O)O[C@H](COC(=O)CCCCCCCCC(C)CC)COP(=O)(O)OC[C@H](O)COP(=O)(O)OC[C@@H](COC(=O)CCCCCCCCCCCCCCCC(C)C)OC(=O)CCCCCCCCCCCCCCCCCCC. The summed E-state index contributed by atoms with van der Waals surface area (Å²) >= 11 is 0. The Bertz CT molecular complexity index is 1990. The minimum Gasteiger partial charge on any atom is -0.462 e. The molecule has 0 saturated carbocycles. The van der Waals surface area contributed by atoms with Crippen molar-refractivity contribution in [1.29, 1.82) is 0 Å². The van der Waals surface area contributed by atoms with Crippen molar-refractivity contribution in [3.05, 3.63) is 24.3 Å². The standard InChI is InChI=1S/C79H150O17P2/c1-7-10-12-14-16-18-20-22-24-25-27-31-36-40-44-52-58-63-78(83)95-74(67-89-76(81)61-55-49-42-38-34-32-28-29-33-37-41-47-53-59-71(4)5)69-93-97(85,86)91-65-73(80)66-92-98(87,88)94-70-75(68-90-77(82)62-56-50-46-45-48-54-60-72(6)9-3)96-79(84)64-57-51-43-39-35-30-26-23-21-19-17-15-13-11-8-2/h19,21,23,26,71-75,80H,7-18,20,22,24-25,27-70H2,1-6H3,(H,85,86)(H,87,88)/b21-19-,26-23-/t72?,73-,74-,75-/m1/s1. The number of esters is 4. The van der Waals surface area contributed by atoms with E-state index in [9.17, 15) is 43.2 Å². The zero-order valence-electron chi connectivity index (χ0n) is 63.6. The highest BCUT2D eigenvalue weighted by Gasteiger charge is 2.30. The van der Waals surface area contributed by atoms with Crippen molar-refractivity contribution in [2.24, 2.45) is 11.8 Å². The molecule has 0 aromatic heterocycles. The Morgan fingerprint density at radius 2 is 0.602 bits per heavy atom. The van der Waals surface area contributed by atoms with Crippen LogP contribution in [0.2, 0.25) is 0 Å². The van der Waals surface area contributed by atoms with E-state index in [4.69, 9.17) is 37.0 Å². The molecule has 0 saturated heterocycles. The first-order chi connectivity index (χ1) is 47.4. The second-order valence-corrected chi connectivity index (χ2v) is 31.4. The zero-order valence-corrected chi connectivity index (χ0v) is 65.4. The van der Waals surface area contributed by atoms with Gasteiger partial charge in [0.25, 0.3) is 0 Å². The number of phosphoric ester groups is 2. The van der Waals surface area contributed by atoms with E-state index in [1.807, 2.05) is 0 Å². The lowest BCUT2D eigenvalue weighted by molar-refractivity contribution is -0.161. The van der Waals surface area contributed by atoms with Crippen LogP contribution in [0.25, 0.3) is 0 Å². The van der Waals surface area contributed by atoms with Crippen molar-refractivity contribution in [2.45, 2.75) is 407 Å². The van der Waals surface area contributed by atoms with Gasteiger partial charge in [0.05, 0.1) is 26.4 Å². The fourth-order valence-corrected chi connectivity index (χ4v) is 13.2. The van der Waals surface area contributed by atoms with Gasteiger partial charge in [-0.2, -0.15) is 0 Å². The Balaban J connectivity index is 5.29. The normalized spacial score (nSPS) is 14.4. The van der Waals surface area contributed by atoms with Gasteiger partial charge in [-0.25, -0.2) is 9.13 Å². The number of carbonyl (C=O) groups excluding carboxylic acids is 4. The quantitative estimate of drug-likeness (QED) is 0.0169. The van der Waals surface area contributed by atoms with Gasteiger partial charge in [0.1, 0.15) is 19.3 Å². The van der Waals surface area contributed by atoms with Crippen LogP contribution in [0.15, 0.2) is 24.3 Å². The van der Waals surface area contributed by atoms with Crippen LogP contribution in [0.3, 0.4) is 0 Å². The maximum absolute atomic E-state index is 13.1. The van der Waals surface area contributed by atoms with E-state index >= 15 is 0 Å². The summed E-state index contributed by atoms with van der Waals surface area (Å²) in [5.41, 5.74) is 0. The van der Waals surface area contributed by atoms with E-state index in [1.165, 1.54) is 186 Å². The average Bonchev–Trinajstić information content (AvgIpc) is 1.03. The van der Waals surface area contributed by atoms with E-state index in [-0.39, 0.29) is 25.7 Å². The van der Waals surface area contributed by atoms with Gasteiger partial charge in [0.15, 0.2) is 12.2 Å². The molecule has 0 aliphatic carbocycles. The topological polar surface area (TPSA) is 237 Å². The second kappa shape index (κ2) is 70.2. The third-order valence-electron chi connectivity index (χ3n) is 18.2. The average molecular weight is 1430 g/mol. The van der Waals surface area contributed by atoms with Gasteiger partial charge in [-0.15, -0.1) is 0 Å². The van der Waals surface area contributed by atoms with Crippen LogP contribution in [0, 0.1) is 11.8 Å². The lowest BCUT2D eigenvalue weighted by Gasteiger charge is -2.21. The van der Waals surface area contributed by atoms with Gasteiger partial charge in [0.2, 0.25) is 0 Å². The van der Waals surface area contributed by atoms with Crippen LogP contribution in [0.1, 0.15) is 388 Å². The number of phosphoric acid groups is 2. The third-order valence-corrected chi connectivity index (χ3v) is 20.1. The summed E-state index contributed by atoms with van der Waals surface area (Å²) in [6, 6.07) is 0. The van der Waals surface area contributed by atoms with E-state index in [2.05, 4.69) is 65.8 Å². The molecular weight excluding hydrogens is 1280 g/mol. The first-order valence-corrected chi connectivity index (χ1v) is 43.3. The number of hydrogen-bond donors (Lipinski definition) is 3. The largest absolute Gasteiger partial charge is 0.472 e. The third kappa shape index (κ3) is 70.6. The minimum atomic E-state index is -4.97. The van der Waals surface area contributed by atoms with Crippen LogP contribution < -0.4 is 0 Å². The van der Waals surface area contributed by atoms with Crippen molar-refractivity contribution in [3.8, 4) is 0 Å². The predicted molar refractivity (Wildman–Crippen MR) is 400 cm³/mol. The van der Waals surface area contributed by atoms with Crippen molar-refractivity contribution >= 4 is 39.5 Å². The molecule has 3 unspecified atom stereocenters. The molecule has 0 spiro atoms. The van der Waals surface area contributed by atoms with E-state index in [1.54, 1.807) is 0 Å². The minimum absolute atomic E-state index is 0.0842. The Morgan fingerprint density at radius 1 is 0.337 bits per heavy atom. The smallest absolute Gasteiger partial charge is 0.462 e. The van der Waals surface area contributed by atoms with Gasteiger partial charge < -0.3 is 33.8 Å². The van der Waals surface area contributed by atoms with Gasteiger partial charge in [-0.05, 0) is 63.2 Å². The van der Waals surface area contributed by atoms with Crippen LogP contribution in [0.4, 0.5) is 0 Å². The van der Waals surface area contributed by atoms with Gasteiger partial charge in [0, 0.05) is 25.7 Å². The molecular formula is C79H150O17P2. The number of ether oxygens (including phenoxy) is 4. The van der Waals surface area contributed by atoms with Crippen molar-refractivity contribution in [2.75, 3.05) is 39.6 Å². The lowest BCUT2D eigenvalue weighted by Crippen LogP contribution is -2.30.